The van der Waals surface area contributed by atoms with E-state index in [9.17, 15) is 14.7 Å². The van der Waals surface area contributed by atoms with Gasteiger partial charge in [0, 0.05) is 5.57 Å². The molecule has 0 amide bonds. The highest BCUT2D eigenvalue weighted by Gasteiger charge is 2.17. The van der Waals surface area contributed by atoms with Crippen LogP contribution in [0.3, 0.4) is 0 Å². The molecule has 4 nitrogen and oxygen atoms in total. The molecule has 0 aromatic carbocycles. The zero-order valence-corrected chi connectivity index (χ0v) is 8.40. The molecule has 15 heavy (non-hydrogen) atoms. The maximum Gasteiger partial charge on any atom is 0.375 e. The molecule has 0 aliphatic heterocycles. The molecule has 4 heteroatoms. The number of aliphatic hydroxyl groups excluding tert-OH is 1. The molecule has 0 aromatic heterocycles. The van der Waals surface area contributed by atoms with Crippen molar-refractivity contribution in [3.63, 3.8) is 0 Å². The fourth-order valence-electron chi connectivity index (χ4n) is 1.10. The normalized spacial score (nSPS) is 13.0. The number of rotatable bonds is 4. The van der Waals surface area contributed by atoms with Gasteiger partial charge in [-0.2, -0.15) is 0 Å². The van der Waals surface area contributed by atoms with Gasteiger partial charge in [-0.05, 0) is 6.92 Å². The molecule has 1 aliphatic carbocycles. The second-order valence-corrected chi connectivity index (χ2v) is 2.94. The van der Waals surface area contributed by atoms with E-state index in [0.717, 1.165) is 0 Å². The molecule has 1 aliphatic rings. The van der Waals surface area contributed by atoms with E-state index in [1.807, 2.05) is 0 Å². The van der Waals surface area contributed by atoms with Crippen LogP contribution in [0.25, 0.3) is 0 Å². The van der Waals surface area contributed by atoms with Gasteiger partial charge >= 0.3 is 5.97 Å². The fraction of sp³-hybridized carbons (Fsp3) is 0.273. The first-order chi connectivity index (χ1) is 7.15. The van der Waals surface area contributed by atoms with Crippen LogP contribution in [0.15, 0.2) is 35.6 Å². The molecule has 0 saturated heterocycles. The molecule has 0 aromatic rings. The number of carbonyl (C=O) groups excluding carboxylic acids is 2. The van der Waals surface area contributed by atoms with Crippen LogP contribution in [-0.4, -0.2) is 23.5 Å². The van der Waals surface area contributed by atoms with Gasteiger partial charge in [-0.1, -0.05) is 24.3 Å². The number of aliphatic hydroxyl groups is 1. The maximum atomic E-state index is 11.2. The Morgan fingerprint density at radius 1 is 1.33 bits per heavy atom. The summed E-state index contributed by atoms with van der Waals surface area (Å²) < 4.78 is 4.51. The third-order valence-corrected chi connectivity index (χ3v) is 1.83. The Bertz CT molecular complexity index is 347. The van der Waals surface area contributed by atoms with Gasteiger partial charge in [0.1, 0.15) is 5.76 Å². The largest absolute Gasteiger partial charge is 0.511 e. The van der Waals surface area contributed by atoms with E-state index >= 15 is 0 Å². The van der Waals surface area contributed by atoms with Crippen molar-refractivity contribution in [2.45, 2.75) is 13.3 Å². The van der Waals surface area contributed by atoms with Gasteiger partial charge in [0.25, 0.3) is 0 Å². The quantitative estimate of drug-likeness (QED) is 0.431. The molecule has 0 spiro atoms. The summed E-state index contributed by atoms with van der Waals surface area (Å²) in [6, 6.07) is 0. The molecule has 0 fully saturated rings. The van der Waals surface area contributed by atoms with Crippen LogP contribution in [0.1, 0.15) is 13.3 Å². The van der Waals surface area contributed by atoms with Gasteiger partial charge in [-0.15, -0.1) is 0 Å². The van der Waals surface area contributed by atoms with Crippen molar-refractivity contribution in [3.8, 4) is 0 Å². The van der Waals surface area contributed by atoms with Gasteiger partial charge in [0.2, 0.25) is 5.78 Å². The van der Waals surface area contributed by atoms with Crippen molar-refractivity contribution in [2.75, 3.05) is 6.61 Å². The average Bonchev–Trinajstić information content (AvgIpc) is 2.70. The lowest BCUT2D eigenvalue weighted by molar-refractivity contribution is -0.153. The Morgan fingerprint density at radius 2 is 1.93 bits per heavy atom. The van der Waals surface area contributed by atoms with Crippen LogP contribution >= 0.6 is 0 Å². The maximum absolute atomic E-state index is 11.2. The average molecular weight is 208 g/mol. The van der Waals surface area contributed by atoms with Crippen LogP contribution < -0.4 is 0 Å². The van der Waals surface area contributed by atoms with Gasteiger partial charge in [0.15, 0.2) is 0 Å². The summed E-state index contributed by atoms with van der Waals surface area (Å²) in [4.78, 5) is 22.1. The van der Waals surface area contributed by atoms with Gasteiger partial charge in [-0.25, -0.2) is 4.79 Å². The molecular weight excluding hydrogens is 196 g/mol. The van der Waals surface area contributed by atoms with Crippen LogP contribution in [0.4, 0.5) is 0 Å². The molecule has 0 atom stereocenters. The summed E-state index contributed by atoms with van der Waals surface area (Å²) in [6.07, 6.45) is 6.48. The number of carbonyl (C=O) groups is 2. The SMILES string of the molecule is CCOC(=O)C(=O)CC(O)=C1C=CC=C1. The number of Topliss-reactive ketones (excluding diaryl/α,β-unsaturated/α-hetero) is 1. The van der Waals surface area contributed by atoms with Crippen molar-refractivity contribution in [1.82, 2.24) is 0 Å². The highest BCUT2D eigenvalue weighted by atomic mass is 16.5. The number of allylic oxidation sites excluding steroid dienone is 6. The number of esters is 1. The molecular formula is C11H12O4. The zero-order chi connectivity index (χ0) is 11.3. The van der Waals surface area contributed by atoms with E-state index < -0.39 is 11.8 Å². The number of ketones is 1. The smallest absolute Gasteiger partial charge is 0.375 e. The number of ether oxygens (including phenoxy) is 1. The van der Waals surface area contributed by atoms with Crippen LogP contribution in [0, 0.1) is 0 Å². The topological polar surface area (TPSA) is 63.6 Å². The summed E-state index contributed by atoms with van der Waals surface area (Å²) in [5.74, 6) is -1.76. The van der Waals surface area contributed by atoms with Crippen LogP contribution in [-0.2, 0) is 14.3 Å². The first-order valence-corrected chi connectivity index (χ1v) is 4.62. The van der Waals surface area contributed by atoms with E-state index in [-0.39, 0.29) is 18.8 Å². The first kappa shape index (κ1) is 11.2. The molecule has 0 unspecified atom stereocenters. The van der Waals surface area contributed by atoms with Gasteiger partial charge in [-0.3, -0.25) is 4.79 Å². The van der Waals surface area contributed by atoms with Gasteiger partial charge < -0.3 is 9.84 Å². The van der Waals surface area contributed by atoms with Crippen LogP contribution in [0.2, 0.25) is 0 Å². The minimum absolute atomic E-state index is 0.113. The highest BCUT2D eigenvalue weighted by Crippen LogP contribution is 2.14. The first-order valence-electron chi connectivity index (χ1n) is 4.62. The summed E-state index contributed by atoms with van der Waals surface area (Å²) in [6.45, 7) is 1.77. The van der Waals surface area contributed by atoms with Crippen molar-refractivity contribution in [2.24, 2.45) is 0 Å². The second-order valence-electron chi connectivity index (χ2n) is 2.94. The molecule has 0 heterocycles. The van der Waals surface area contributed by atoms with Crippen molar-refractivity contribution in [1.29, 1.82) is 0 Å². The monoisotopic (exact) mass is 208 g/mol. The van der Waals surface area contributed by atoms with Crippen molar-refractivity contribution >= 4 is 11.8 Å². The summed E-state index contributed by atoms with van der Waals surface area (Å²) in [5.41, 5.74) is 0.549. The van der Waals surface area contributed by atoms with Crippen LogP contribution in [0.5, 0.6) is 0 Å². The van der Waals surface area contributed by atoms with E-state index in [1.165, 1.54) is 0 Å². The Labute approximate surface area is 87.5 Å². The molecule has 0 saturated carbocycles. The number of hydrogen-bond acceptors (Lipinski definition) is 4. The minimum atomic E-state index is -0.907. The van der Waals surface area contributed by atoms with Crippen molar-refractivity contribution < 1.29 is 19.4 Å². The molecule has 0 radical (unpaired) electrons. The Kier molecular flexibility index (Phi) is 3.85. The molecule has 1 rings (SSSR count). The number of hydrogen-bond donors (Lipinski definition) is 1. The predicted octanol–water partition coefficient (Wildman–Crippen LogP) is 1.45. The third-order valence-electron chi connectivity index (χ3n) is 1.83. The molecule has 80 valence electrons. The van der Waals surface area contributed by atoms with E-state index in [4.69, 9.17) is 0 Å². The van der Waals surface area contributed by atoms with Crippen molar-refractivity contribution in [3.05, 3.63) is 35.6 Å². The van der Waals surface area contributed by atoms with E-state index in [2.05, 4.69) is 4.74 Å². The summed E-state index contributed by atoms with van der Waals surface area (Å²) in [5, 5.41) is 9.48. The second kappa shape index (κ2) is 5.14. The van der Waals surface area contributed by atoms with Gasteiger partial charge in [0.05, 0.1) is 13.0 Å². The van der Waals surface area contributed by atoms with E-state index in [1.54, 1.807) is 31.2 Å². The fourth-order valence-corrected chi connectivity index (χ4v) is 1.10. The zero-order valence-electron chi connectivity index (χ0n) is 8.40. The molecule has 1 N–H and O–H groups in total. The Hall–Kier alpha value is -1.84. The standard InChI is InChI=1S/C11H12O4/c1-2-15-11(14)10(13)7-9(12)8-5-3-4-6-8/h3-6,12H,2,7H2,1H3. The highest BCUT2D eigenvalue weighted by molar-refractivity contribution is 6.34. The molecule has 0 bridgehead atoms. The summed E-state index contributed by atoms with van der Waals surface area (Å²) in [7, 11) is 0. The predicted molar refractivity (Wildman–Crippen MR) is 54.2 cm³/mol. The van der Waals surface area contributed by atoms with E-state index in [0.29, 0.717) is 5.57 Å². The minimum Gasteiger partial charge on any atom is -0.511 e. The lowest BCUT2D eigenvalue weighted by atomic mass is 10.1. The lowest BCUT2D eigenvalue weighted by Crippen LogP contribution is -2.17. The third kappa shape index (κ3) is 3.09. The summed E-state index contributed by atoms with van der Waals surface area (Å²) >= 11 is 0. The Morgan fingerprint density at radius 3 is 2.47 bits per heavy atom. The Balaban J connectivity index is 2.59. The lowest BCUT2D eigenvalue weighted by Gasteiger charge is -2.01.